The number of hydrogen-bond donors (Lipinski definition) is 0. The monoisotopic (exact) mass is 325 g/mol. The number of hydrogen-bond acceptors (Lipinski definition) is 5. The molecular weight excluding hydrogens is 310 g/mol. The molecule has 1 unspecified atom stereocenters. The lowest BCUT2D eigenvalue weighted by atomic mass is 9.89. The molecule has 0 N–H and O–H groups in total. The Balaban J connectivity index is 1.93. The Labute approximate surface area is 138 Å². The number of thiophene rings is 1. The zero-order valence-electron chi connectivity index (χ0n) is 12.7. The van der Waals surface area contributed by atoms with E-state index in [4.69, 9.17) is 0 Å². The lowest BCUT2D eigenvalue weighted by molar-refractivity contribution is -0.384. The maximum atomic E-state index is 10.8. The van der Waals surface area contributed by atoms with Crippen LogP contribution in [-0.4, -0.2) is 11.1 Å². The molecule has 1 aliphatic carbocycles. The first-order valence-corrected chi connectivity index (χ1v) is 8.23. The van der Waals surface area contributed by atoms with Crippen LogP contribution in [0.1, 0.15) is 34.9 Å². The summed E-state index contributed by atoms with van der Waals surface area (Å²) in [5.74, 6) is 0.640. The minimum absolute atomic E-state index is 0.0359. The van der Waals surface area contributed by atoms with Crippen LogP contribution in [0.5, 0.6) is 0 Å². The van der Waals surface area contributed by atoms with Crippen molar-refractivity contribution in [1.29, 1.82) is 5.26 Å². The molecular formula is C17H15N3O2S. The molecule has 23 heavy (non-hydrogen) atoms. The average molecular weight is 325 g/mol. The summed E-state index contributed by atoms with van der Waals surface area (Å²) in [5.41, 5.74) is 2.50. The summed E-state index contributed by atoms with van der Waals surface area (Å²) >= 11 is 1.57. The molecule has 3 rings (SSSR count). The number of non-ortho nitro benzene ring substituents is 1. The predicted octanol–water partition coefficient (Wildman–Crippen LogP) is 4.40. The van der Waals surface area contributed by atoms with Crippen molar-refractivity contribution in [3.8, 4) is 6.07 Å². The molecule has 1 aromatic heterocycles. The van der Waals surface area contributed by atoms with Gasteiger partial charge in [0.2, 0.25) is 0 Å². The smallest absolute Gasteiger partial charge is 0.258 e. The van der Waals surface area contributed by atoms with E-state index in [1.54, 1.807) is 29.7 Å². The van der Waals surface area contributed by atoms with Crippen LogP contribution >= 0.6 is 11.3 Å². The molecule has 0 amide bonds. The van der Waals surface area contributed by atoms with E-state index in [2.05, 4.69) is 18.0 Å². The summed E-state index contributed by atoms with van der Waals surface area (Å²) in [6.45, 7) is 2.22. The second-order valence-corrected chi connectivity index (χ2v) is 6.84. The van der Waals surface area contributed by atoms with E-state index in [0.717, 1.165) is 24.8 Å². The number of nitro benzene ring substituents is 1. The lowest BCUT2D eigenvalue weighted by Crippen LogP contribution is -2.09. The number of rotatable bonds is 3. The van der Waals surface area contributed by atoms with E-state index >= 15 is 0 Å². The van der Waals surface area contributed by atoms with Gasteiger partial charge in [-0.15, -0.1) is 11.3 Å². The number of nitro groups is 1. The van der Waals surface area contributed by atoms with Gasteiger partial charge in [0.25, 0.3) is 5.69 Å². The van der Waals surface area contributed by atoms with E-state index in [1.807, 2.05) is 0 Å². The van der Waals surface area contributed by atoms with Crippen LogP contribution in [0.2, 0.25) is 0 Å². The third-order valence-electron chi connectivity index (χ3n) is 4.02. The topological polar surface area (TPSA) is 79.3 Å². The van der Waals surface area contributed by atoms with Crippen molar-refractivity contribution in [2.75, 3.05) is 0 Å². The predicted molar refractivity (Wildman–Crippen MR) is 90.6 cm³/mol. The second kappa shape index (κ2) is 6.31. The highest BCUT2D eigenvalue weighted by Gasteiger charge is 2.23. The summed E-state index contributed by atoms with van der Waals surface area (Å²) in [6.07, 6.45) is 4.63. The molecule has 0 aliphatic heterocycles. The van der Waals surface area contributed by atoms with Crippen LogP contribution in [0.3, 0.4) is 0 Å². The molecule has 1 atom stereocenters. The Hall–Kier alpha value is -2.52. The second-order valence-electron chi connectivity index (χ2n) is 5.75. The fourth-order valence-corrected chi connectivity index (χ4v) is 4.10. The normalized spacial score (nSPS) is 17.0. The van der Waals surface area contributed by atoms with E-state index in [-0.39, 0.29) is 5.69 Å². The summed E-state index contributed by atoms with van der Waals surface area (Å²) in [6, 6.07) is 8.59. The molecule has 1 aliphatic rings. The number of nitrogens with zero attached hydrogens (tertiary/aromatic N) is 3. The van der Waals surface area contributed by atoms with Gasteiger partial charge in [-0.25, -0.2) is 4.99 Å². The molecule has 2 aromatic rings. The Kier molecular flexibility index (Phi) is 4.22. The average Bonchev–Trinajstić information content (AvgIpc) is 2.89. The molecule has 0 spiro atoms. The van der Waals surface area contributed by atoms with Crippen molar-refractivity contribution in [3.63, 3.8) is 0 Å². The molecule has 0 saturated carbocycles. The third kappa shape index (κ3) is 3.15. The highest BCUT2D eigenvalue weighted by Crippen LogP contribution is 2.40. The molecule has 5 nitrogen and oxygen atoms in total. The van der Waals surface area contributed by atoms with Crippen LogP contribution in [0.15, 0.2) is 29.3 Å². The van der Waals surface area contributed by atoms with E-state index < -0.39 is 4.92 Å². The van der Waals surface area contributed by atoms with Gasteiger partial charge in [-0.1, -0.05) is 19.1 Å². The van der Waals surface area contributed by atoms with Crippen LogP contribution in [-0.2, 0) is 12.8 Å². The van der Waals surface area contributed by atoms with Crippen LogP contribution in [0.25, 0.3) is 0 Å². The summed E-state index contributed by atoms with van der Waals surface area (Å²) in [5, 5.41) is 21.0. The van der Waals surface area contributed by atoms with Crippen LogP contribution in [0, 0.1) is 27.4 Å². The van der Waals surface area contributed by atoms with Gasteiger partial charge >= 0.3 is 0 Å². The van der Waals surface area contributed by atoms with Gasteiger partial charge in [0, 0.05) is 23.2 Å². The number of aliphatic imine (C=N–C) groups is 1. The third-order valence-corrected chi connectivity index (χ3v) is 5.18. The zero-order valence-corrected chi connectivity index (χ0v) is 13.5. The Morgan fingerprint density at radius 1 is 1.52 bits per heavy atom. The first-order chi connectivity index (χ1) is 11.1. The zero-order chi connectivity index (χ0) is 16.4. The Morgan fingerprint density at radius 2 is 2.35 bits per heavy atom. The van der Waals surface area contributed by atoms with Crippen molar-refractivity contribution < 1.29 is 4.92 Å². The largest absolute Gasteiger partial charge is 0.270 e. The lowest BCUT2D eigenvalue weighted by Gasteiger charge is -2.17. The number of fused-ring (bicyclic) bond motifs is 1. The highest BCUT2D eigenvalue weighted by atomic mass is 32.1. The van der Waals surface area contributed by atoms with Gasteiger partial charge in [0.05, 0.1) is 10.5 Å². The summed E-state index contributed by atoms with van der Waals surface area (Å²) in [7, 11) is 0. The molecule has 0 radical (unpaired) electrons. The molecule has 6 heteroatoms. The molecule has 1 heterocycles. The summed E-state index contributed by atoms with van der Waals surface area (Å²) < 4.78 is 0. The molecule has 0 bridgehead atoms. The molecule has 0 fully saturated rings. The van der Waals surface area contributed by atoms with Crippen LogP contribution in [0.4, 0.5) is 10.7 Å². The van der Waals surface area contributed by atoms with Gasteiger partial charge < -0.3 is 0 Å². The maximum absolute atomic E-state index is 10.8. The number of benzene rings is 1. The fourth-order valence-electron chi connectivity index (χ4n) is 2.79. The van der Waals surface area contributed by atoms with Gasteiger partial charge in [-0.3, -0.25) is 10.1 Å². The van der Waals surface area contributed by atoms with Crippen molar-refractivity contribution in [3.05, 3.63) is 55.9 Å². The minimum atomic E-state index is -0.427. The van der Waals surface area contributed by atoms with Crippen LogP contribution < -0.4 is 0 Å². The first kappa shape index (κ1) is 15.4. The molecule has 116 valence electrons. The van der Waals surface area contributed by atoms with Crippen molar-refractivity contribution in [2.45, 2.75) is 26.2 Å². The van der Waals surface area contributed by atoms with Gasteiger partial charge in [-0.05, 0) is 36.3 Å². The number of nitriles is 1. The maximum Gasteiger partial charge on any atom is 0.270 e. The summed E-state index contributed by atoms with van der Waals surface area (Å²) in [4.78, 5) is 16.1. The molecule has 0 saturated heterocycles. The SMILES string of the molecule is CC1CCc2c(sc(N=Cc3cccc([N+](=O)[O-])c3)c2C#N)C1. The van der Waals surface area contributed by atoms with E-state index in [9.17, 15) is 15.4 Å². The van der Waals surface area contributed by atoms with E-state index in [1.165, 1.54) is 17.0 Å². The van der Waals surface area contributed by atoms with Crippen molar-refractivity contribution >= 4 is 28.2 Å². The standard InChI is InChI=1S/C17H15N3O2S/c1-11-5-6-14-15(9-18)17(23-16(14)7-11)19-10-12-3-2-4-13(8-12)20(21)22/h2-4,8,10-11H,5-7H2,1H3. The van der Waals surface area contributed by atoms with Crippen molar-refractivity contribution in [1.82, 2.24) is 0 Å². The quantitative estimate of drug-likeness (QED) is 0.476. The van der Waals surface area contributed by atoms with Crippen molar-refractivity contribution in [2.24, 2.45) is 10.9 Å². The fraction of sp³-hybridized carbons (Fsp3) is 0.294. The Morgan fingerprint density at radius 3 is 3.09 bits per heavy atom. The van der Waals surface area contributed by atoms with Gasteiger partial charge in [-0.2, -0.15) is 5.26 Å². The Bertz CT molecular complexity index is 833. The van der Waals surface area contributed by atoms with Gasteiger partial charge in [0.1, 0.15) is 11.1 Å². The molecule has 1 aromatic carbocycles. The highest BCUT2D eigenvalue weighted by molar-refractivity contribution is 7.16. The van der Waals surface area contributed by atoms with Gasteiger partial charge in [0.15, 0.2) is 0 Å². The minimum Gasteiger partial charge on any atom is -0.258 e. The van der Waals surface area contributed by atoms with E-state index in [0.29, 0.717) is 22.0 Å². The first-order valence-electron chi connectivity index (χ1n) is 7.41.